The van der Waals surface area contributed by atoms with Crippen LogP contribution in [0.4, 0.5) is 0 Å². The molecule has 3 unspecified atom stereocenters. The highest BCUT2D eigenvalue weighted by molar-refractivity contribution is 5.85. The molecule has 2 N–H and O–H groups in total. The first-order valence-corrected chi connectivity index (χ1v) is 8.87. The standard InChI is InChI=1S/C17H33N3O.2ClH/c1-14(16-7-6-8-18-12-16)11-17(21)19-15(2)13-20-9-4-3-5-10-20;;/h14-16,18H,3-13H2,1-2H3,(H,19,21);2*1H. The van der Waals surface area contributed by atoms with Gasteiger partial charge in [-0.15, -0.1) is 24.8 Å². The van der Waals surface area contributed by atoms with Crippen LogP contribution in [0.1, 0.15) is 52.4 Å². The van der Waals surface area contributed by atoms with Crippen molar-refractivity contribution in [2.24, 2.45) is 11.8 Å². The lowest BCUT2D eigenvalue weighted by Gasteiger charge is -2.30. The molecule has 0 aromatic heterocycles. The van der Waals surface area contributed by atoms with Gasteiger partial charge in [0.05, 0.1) is 0 Å². The molecule has 4 nitrogen and oxygen atoms in total. The topological polar surface area (TPSA) is 44.4 Å². The predicted molar refractivity (Wildman–Crippen MR) is 102 cm³/mol. The first-order valence-electron chi connectivity index (χ1n) is 8.87. The zero-order valence-electron chi connectivity index (χ0n) is 14.7. The summed E-state index contributed by atoms with van der Waals surface area (Å²) in [5.41, 5.74) is 0. The largest absolute Gasteiger partial charge is 0.352 e. The SMILES string of the molecule is CC(CN1CCCCC1)NC(=O)CC(C)C1CCCNC1.Cl.Cl. The molecule has 6 heteroatoms. The summed E-state index contributed by atoms with van der Waals surface area (Å²) in [6.07, 6.45) is 7.19. The molecule has 1 amide bonds. The van der Waals surface area contributed by atoms with Gasteiger partial charge in [0.15, 0.2) is 0 Å². The van der Waals surface area contributed by atoms with Crippen LogP contribution in [0.15, 0.2) is 0 Å². The van der Waals surface area contributed by atoms with E-state index in [2.05, 4.69) is 29.4 Å². The van der Waals surface area contributed by atoms with Gasteiger partial charge in [-0.2, -0.15) is 0 Å². The van der Waals surface area contributed by atoms with Gasteiger partial charge in [0.1, 0.15) is 0 Å². The molecule has 2 saturated heterocycles. The van der Waals surface area contributed by atoms with E-state index in [0.717, 1.165) is 19.6 Å². The molecule has 0 bridgehead atoms. The molecule has 0 spiro atoms. The highest BCUT2D eigenvalue weighted by Crippen LogP contribution is 2.22. The number of halogens is 2. The Kier molecular flexibility index (Phi) is 12.3. The van der Waals surface area contributed by atoms with E-state index >= 15 is 0 Å². The first kappa shape index (κ1) is 23.0. The third-order valence-electron chi connectivity index (χ3n) is 5.04. The molecule has 23 heavy (non-hydrogen) atoms. The van der Waals surface area contributed by atoms with Crippen LogP contribution < -0.4 is 10.6 Å². The number of nitrogens with zero attached hydrogens (tertiary/aromatic N) is 1. The van der Waals surface area contributed by atoms with Gasteiger partial charge >= 0.3 is 0 Å². The van der Waals surface area contributed by atoms with Crippen LogP contribution in [0.2, 0.25) is 0 Å². The van der Waals surface area contributed by atoms with Gasteiger partial charge < -0.3 is 15.5 Å². The summed E-state index contributed by atoms with van der Waals surface area (Å²) in [5.74, 6) is 1.39. The summed E-state index contributed by atoms with van der Waals surface area (Å²) in [7, 11) is 0. The van der Waals surface area contributed by atoms with Crippen molar-refractivity contribution in [1.82, 2.24) is 15.5 Å². The van der Waals surface area contributed by atoms with Crippen LogP contribution in [0.5, 0.6) is 0 Å². The third-order valence-corrected chi connectivity index (χ3v) is 5.04. The van der Waals surface area contributed by atoms with Crippen molar-refractivity contribution < 1.29 is 4.79 Å². The molecule has 2 aliphatic heterocycles. The van der Waals surface area contributed by atoms with Crippen LogP contribution in [0.3, 0.4) is 0 Å². The zero-order valence-corrected chi connectivity index (χ0v) is 16.3. The second kappa shape index (κ2) is 12.3. The molecule has 0 aliphatic carbocycles. The van der Waals surface area contributed by atoms with Crippen molar-refractivity contribution in [3.63, 3.8) is 0 Å². The Balaban J connectivity index is 0.00000242. The summed E-state index contributed by atoms with van der Waals surface area (Å²) in [5, 5.41) is 6.64. The lowest BCUT2D eigenvalue weighted by atomic mass is 9.85. The molecule has 0 saturated carbocycles. The minimum atomic E-state index is 0. The molecular formula is C17H35Cl2N3O. The van der Waals surface area contributed by atoms with Gasteiger partial charge in [0.2, 0.25) is 5.91 Å². The van der Waals surface area contributed by atoms with Gasteiger partial charge in [-0.25, -0.2) is 0 Å². The van der Waals surface area contributed by atoms with E-state index in [9.17, 15) is 4.79 Å². The van der Waals surface area contributed by atoms with E-state index in [1.54, 1.807) is 0 Å². The summed E-state index contributed by atoms with van der Waals surface area (Å²) in [6.45, 7) is 9.99. The van der Waals surface area contributed by atoms with E-state index in [-0.39, 0.29) is 36.8 Å². The van der Waals surface area contributed by atoms with Gasteiger partial charge in [-0.05, 0) is 70.6 Å². The maximum absolute atomic E-state index is 12.2. The van der Waals surface area contributed by atoms with Crippen LogP contribution in [0, 0.1) is 11.8 Å². The van der Waals surface area contributed by atoms with Crippen molar-refractivity contribution in [2.45, 2.75) is 58.4 Å². The Bertz CT molecular complexity index is 319. The van der Waals surface area contributed by atoms with Crippen molar-refractivity contribution >= 4 is 30.7 Å². The number of rotatable bonds is 6. The maximum atomic E-state index is 12.2. The number of carbonyl (C=O) groups is 1. The van der Waals surface area contributed by atoms with E-state index < -0.39 is 0 Å². The normalized spacial score (nSPS) is 24.7. The van der Waals surface area contributed by atoms with Crippen LogP contribution in [-0.2, 0) is 4.79 Å². The molecular weight excluding hydrogens is 333 g/mol. The molecule has 2 rings (SSSR count). The van der Waals surface area contributed by atoms with E-state index in [1.807, 2.05) is 0 Å². The van der Waals surface area contributed by atoms with Gasteiger partial charge in [0, 0.05) is 19.0 Å². The second-order valence-electron chi connectivity index (χ2n) is 7.12. The summed E-state index contributed by atoms with van der Waals surface area (Å²) < 4.78 is 0. The number of amides is 1. The summed E-state index contributed by atoms with van der Waals surface area (Å²) >= 11 is 0. The van der Waals surface area contributed by atoms with Crippen LogP contribution >= 0.6 is 24.8 Å². The number of carbonyl (C=O) groups excluding carboxylic acids is 1. The predicted octanol–water partition coefficient (Wildman–Crippen LogP) is 2.85. The Labute approximate surface area is 154 Å². The van der Waals surface area contributed by atoms with Crippen LogP contribution in [0.25, 0.3) is 0 Å². The molecule has 2 heterocycles. The van der Waals surface area contributed by atoms with E-state index in [1.165, 1.54) is 45.2 Å². The number of likely N-dealkylation sites (tertiary alicyclic amines) is 1. The van der Waals surface area contributed by atoms with E-state index in [0.29, 0.717) is 18.3 Å². The second-order valence-corrected chi connectivity index (χ2v) is 7.12. The summed E-state index contributed by atoms with van der Waals surface area (Å²) in [6, 6.07) is 0.271. The minimum absolute atomic E-state index is 0. The quantitative estimate of drug-likeness (QED) is 0.758. The Morgan fingerprint density at radius 1 is 1.17 bits per heavy atom. The molecule has 138 valence electrons. The maximum Gasteiger partial charge on any atom is 0.220 e. The zero-order chi connectivity index (χ0) is 15.1. The molecule has 2 fully saturated rings. The van der Waals surface area contributed by atoms with E-state index in [4.69, 9.17) is 0 Å². The van der Waals surface area contributed by atoms with Crippen molar-refractivity contribution in [2.75, 3.05) is 32.7 Å². The minimum Gasteiger partial charge on any atom is -0.352 e. The Morgan fingerprint density at radius 2 is 1.87 bits per heavy atom. The number of hydrogen-bond acceptors (Lipinski definition) is 3. The average molecular weight is 368 g/mol. The Hall–Kier alpha value is -0.0300. The van der Waals surface area contributed by atoms with Crippen molar-refractivity contribution in [3.8, 4) is 0 Å². The lowest BCUT2D eigenvalue weighted by molar-refractivity contribution is -0.123. The molecule has 2 aliphatic rings. The van der Waals surface area contributed by atoms with Crippen molar-refractivity contribution in [1.29, 1.82) is 0 Å². The highest BCUT2D eigenvalue weighted by atomic mass is 35.5. The first-order chi connectivity index (χ1) is 10.1. The summed E-state index contributed by atoms with van der Waals surface area (Å²) in [4.78, 5) is 14.7. The Morgan fingerprint density at radius 3 is 2.48 bits per heavy atom. The monoisotopic (exact) mass is 367 g/mol. The smallest absolute Gasteiger partial charge is 0.220 e. The van der Waals surface area contributed by atoms with Crippen molar-refractivity contribution in [3.05, 3.63) is 0 Å². The molecule has 0 aromatic rings. The lowest BCUT2D eigenvalue weighted by Crippen LogP contribution is -2.44. The molecule has 0 radical (unpaired) electrons. The fraction of sp³-hybridized carbons (Fsp3) is 0.941. The van der Waals surface area contributed by atoms with Gasteiger partial charge in [0.25, 0.3) is 0 Å². The fourth-order valence-electron chi connectivity index (χ4n) is 3.73. The third kappa shape index (κ3) is 8.57. The molecule has 3 atom stereocenters. The van der Waals surface area contributed by atoms with Gasteiger partial charge in [-0.3, -0.25) is 4.79 Å². The highest BCUT2D eigenvalue weighted by Gasteiger charge is 2.23. The number of nitrogens with one attached hydrogen (secondary N) is 2. The number of hydrogen-bond donors (Lipinski definition) is 2. The average Bonchev–Trinajstić information content (AvgIpc) is 2.48. The fourth-order valence-corrected chi connectivity index (χ4v) is 3.73. The number of piperidine rings is 2. The van der Waals surface area contributed by atoms with Gasteiger partial charge in [-0.1, -0.05) is 13.3 Å². The van der Waals surface area contributed by atoms with Crippen LogP contribution in [-0.4, -0.2) is 49.6 Å². The molecule has 0 aromatic carbocycles.